The maximum atomic E-state index is 13.0. The molecule has 2 aromatic carbocycles. The van der Waals surface area contributed by atoms with E-state index in [1.807, 2.05) is 44.2 Å². The van der Waals surface area contributed by atoms with Crippen molar-refractivity contribution in [3.63, 3.8) is 0 Å². The lowest BCUT2D eigenvalue weighted by Gasteiger charge is -2.21. The van der Waals surface area contributed by atoms with Crippen LogP contribution in [0.2, 0.25) is 0 Å². The molecule has 0 saturated carbocycles. The average molecular weight is 388 g/mol. The summed E-state index contributed by atoms with van der Waals surface area (Å²) in [5.41, 5.74) is 4.12. The van der Waals surface area contributed by atoms with Gasteiger partial charge < -0.3 is 0 Å². The standard InChI is InChI=1S/C20H25N3O3S/c1-3-18(4-2)21-22-20(24)16-23(15-17-11-7-5-8-12-17)27(25,26)19-13-9-6-10-14-19/h5-14H,3-4,15-16H2,1-2H3,(H,22,24). The number of sulfonamides is 1. The van der Waals surface area contributed by atoms with E-state index in [1.54, 1.807) is 18.2 Å². The van der Waals surface area contributed by atoms with Crippen LogP contribution < -0.4 is 5.43 Å². The van der Waals surface area contributed by atoms with E-state index in [-0.39, 0.29) is 18.0 Å². The Hall–Kier alpha value is -2.51. The zero-order valence-corrected chi connectivity index (χ0v) is 16.4. The minimum atomic E-state index is -3.82. The third-order valence-electron chi connectivity index (χ3n) is 4.06. The zero-order chi connectivity index (χ0) is 19.7. The molecule has 0 saturated heterocycles. The number of nitrogens with zero attached hydrogens (tertiary/aromatic N) is 2. The molecular weight excluding hydrogens is 362 g/mol. The highest BCUT2D eigenvalue weighted by atomic mass is 32.2. The number of carbonyl (C=O) groups is 1. The summed E-state index contributed by atoms with van der Waals surface area (Å²) in [6.45, 7) is 3.70. The maximum Gasteiger partial charge on any atom is 0.255 e. The fourth-order valence-corrected chi connectivity index (χ4v) is 3.90. The lowest BCUT2D eigenvalue weighted by Crippen LogP contribution is -2.39. The lowest BCUT2D eigenvalue weighted by molar-refractivity contribution is -0.121. The van der Waals surface area contributed by atoms with Crippen LogP contribution in [0.1, 0.15) is 32.3 Å². The first-order valence-electron chi connectivity index (χ1n) is 8.90. The quantitative estimate of drug-likeness (QED) is 0.530. The molecule has 27 heavy (non-hydrogen) atoms. The van der Waals surface area contributed by atoms with E-state index in [2.05, 4.69) is 10.5 Å². The number of benzene rings is 2. The predicted octanol–water partition coefficient (Wildman–Crippen LogP) is 3.17. The molecular formula is C20H25N3O3S. The van der Waals surface area contributed by atoms with Gasteiger partial charge in [-0.1, -0.05) is 62.4 Å². The summed E-state index contributed by atoms with van der Waals surface area (Å²) in [6, 6.07) is 17.3. The Morgan fingerprint density at radius 1 is 0.963 bits per heavy atom. The van der Waals surface area contributed by atoms with Crippen molar-refractivity contribution in [2.24, 2.45) is 5.10 Å². The van der Waals surface area contributed by atoms with Crippen molar-refractivity contribution in [1.29, 1.82) is 0 Å². The third kappa shape index (κ3) is 6.01. The van der Waals surface area contributed by atoms with E-state index < -0.39 is 15.9 Å². The lowest BCUT2D eigenvalue weighted by atomic mass is 10.2. The van der Waals surface area contributed by atoms with Crippen molar-refractivity contribution in [2.45, 2.75) is 38.1 Å². The molecule has 0 radical (unpaired) electrons. The van der Waals surface area contributed by atoms with Crippen LogP contribution in [-0.2, 0) is 21.4 Å². The molecule has 0 aliphatic rings. The summed E-state index contributed by atoms with van der Waals surface area (Å²) >= 11 is 0. The molecule has 0 unspecified atom stereocenters. The van der Waals surface area contributed by atoms with Crippen molar-refractivity contribution in [2.75, 3.05) is 6.54 Å². The van der Waals surface area contributed by atoms with E-state index in [4.69, 9.17) is 0 Å². The number of hydrogen-bond acceptors (Lipinski definition) is 4. The van der Waals surface area contributed by atoms with Gasteiger partial charge in [0.05, 0.1) is 11.4 Å². The number of nitrogens with one attached hydrogen (secondary N) is 1. The van der Waals surface area contributed by atoms with Crippen LogP contribution >= 0.6 is 0 Å². The predicted molar refractivity (Wildman–Crippen MR) is 107 cm³/mol. The maximum absolute atomic E-state index is 13.0. The molecule has 0 heterocycles. The largest absolute Gasteiger partial charge is 0.272 e. The number of rotatable bonds is 9. The van der Waals surface area contributed by atoms with Crippen LogP contribution in [0.5, 0.6) is 0 Å². The van der Waals surface area contributed by atoms with E-state index in [0.717, 1.165) is 24.1 Å². The first-order chi connectivity index (χ1) is 13.0. The van der Waals surface area contributed by atoms with Gasteiger partial charge in [0.25, 0.3) is 5.91 Å². The summed E-state index contributed by atoms with van der Waals surface area (Å²) < 4.78 is 27.2. The average Bonchev–Trinajstić information content (AvgIpc) is 2.69. The molecule has 0 aliphatic heterocycles. The highest BCUT2D eigenvalue weighted by molar-refractivity contribution is 7.89. The van der Waals surface area contributed by atoms with Gasteiger partial charge in [-0.15, -0.1) is 0 Å². The smallest absolute Gasteiger partial charge is 0.255 e. The molecule has 7 heteroatoms. The molecule has 2 rings (SSSR count). The Labute approximate surface area is 161 Å². The monoisotopic (exact) mass is 387 g/mol. The van der Waals surface area contributed by atoms with E-state index in [1.165, 1.54) is 16.4 Å². The fraction of sp³-hybridized carbons (Fsp3) is 0.300. The molecule has 0 atom stereocenters. The summed E-state index contributed by atoms with van der Waals surface area (Å²) in [5.74, 6) is -0.468. The second-order valence-electron chi connectivity index (χ2n) is 5.99. The molecule has 1 amide bonds. The Bertz CT molecular complexity index is 860. The van der Waals surface area contributed by atoms with E-state index in [0.29, 0.717) is 0 Å². The topological polar surface area (TPSA) is 78.8 Å². The number of amides is 1. The Kier molecular flexibility index (Phi) is 7.69. The molecule has 144 valence electrons. The molecule has 0 spiro atoms. The van der Waals surface area contributed by atoms with Gasteiger partial charge in [0.1, 0.15) is 0 Å². The summed E-state index contributed by atoms with van der Waals surface area (Å²) in [6.07, 6.45) is 1.46. The Morgan fingerprint density at radius 3 is 2.07 bits per heavy atom. The van der Waals surface area contributed by atoms with Crippen molar-refractivity contribution < 1.29 is 13.2 Å². The first-order valence-corrected chi connectivity index (χ1v) is 10.3. The number of carbonyl (C=O) groups excluding carboxylic acids is 1. The van der Waals surface area contributed by atoms with Gasteiger partial charge in [-0.2, -0.15) is 9.41 Å². The van der Waals surface area contributed by atoms with Crippen molar-refractivity contribution in [3.05, 3.63) is 66.2 Å². The van der Waals surface area contributed by atoms with Crippen molar-refractivity contribution >= 4 is 21.6 Å². The SMILES string of the molecule is CCC(CC)=NNC(=O)CN(Cc1ccccc1)S(=O)(=O)c1ccccc1. The van der Waals surface area contributed by atoms with Crippen LogP contribution in [0, 0.1) is 0 Å². The van der Waals surface area contributed by atoms with Gasteiger partial charge in [0.15, 0.2) is 0 Å². The Balaban J connectivity index is 2.25. The molecule has 0 bridgehead atoms. The first kappa shape index (κ1) is 20.8. The molecule has 2 aromatic rings. The van der Waals surface area contributed by atoms with Gasteiger partial charge in [0.2, 0.25) is 10.0 Å². The molecule has 0 aromatic heterocycles. The van der Waals surface area contributed by atoms with E-state index in [9.17, 15) is 13.2 Å². The van der Waals surface area contributed by atoms with Crippen LogP contribution in [0.15, 0.2) is 70.7 Å². The summed E-state index contributed by atoms with van der Waals surface area (Å²) in [7, 11) is -3.82. The van der Waals surface area contributed by atoms with Gasteiger partial charge >= 0.3 is 0 Å². The highest BCUT2D eigenvalue weighted by Gasteiger charge is 2.26. The number of hydrazone groups is 1. The minimum absolute atomic E-state index is 0.101. The molecule has 1 N–H and O–H groups in total. The normalized spacial score (nSPS) is 11.2. The molecule has 0 fully saturated rings. The second-order valence-corrected chi connectivity index (χ2v) is 7.93. The van der Waals surface area contributed by atoms with E-state index >= 15 is 0 Å². The van der Waals surface area contributed by atoms with Crippen molar-refractivity contribution in [1.82, 2.24) is 9.73 Å². The van der Waals surface area contributed by atoms with Gasteiger partial charge in [-0.05, 0) is 30.5 Å². The summed E-state index contributed by atoms with van der Waals surface area (Å²) in [4.78, 5) is 12.5. The second kappa shape index (κ2) is 9.99. The minimum Gasteiger partial charge on any atom is -0.272 e. The number of hydrogen-bond donors (Lipinski definition) is 1. The van der Waals surface area contributed by atoms with Gasteiger partial charge in [-0.3, -0.25) is 4.79 Å². The van der Waals surface area contributed by atoms with Crippen LogP contribution in [0.25, 0.3) is 0 Å². The van der Waals surface area contributed by atoms with Gasteiger partial charge in [0, 0.05) is 12.3 Å². The molecule has 6 nitrogen and oxygen atoms in total. The van der Waals surface area contributed by atoms with Crippen LogP contribution in [0.3, 0.4) is 0 Å². The summed E-state index contributed by atoms with van der Waals surface area (Å²) in [5, 5.41) is 4.07. The Morgan fingerprint density at radius 2 is 1.52 bits per heavy atom. The van der Waals surface area contributed by atoms with Crippen LogP contribution in [0.4, 0.5) is 0 Å². The third-order valence-corrected chi connectivity index (χ3v) is 5.86. The van der Waals surface area contributed by atoms with Gasteiger partial charge in [-0.25, -0.2) is 13.8 Å². The van der Waals surface area contributed by atoms with Crippen molar-refractivity contribution in [3.8, 4) is 0 Å². The highest BCUT2D eigenvalue weighted by Crippen LogP contribution is 2.18. The fourth-order valence-electron chi connectivity index (χ4n) is 2.50. The van der Waals surface area contributed by atoms with Crippen LogP contribution in [-0.4, -0.2) is 30.9 Å². The molecule has 0 aliphatic carbocycles. The zero-order valence-electron chi connectivity index (χ0n) is 15.6.